The van der Waals surface area contributed by atoms with Crippen LogP contribution in [-0.4, -0.2) is 24.7 Å². The van der Waals surface area contributed by atoms with Gasteiger partial charge in [-0.05, 0) is 44.2 Å². The second kappa shape index (κ2) is 7.44. The molecule has 20 heavy (non-hydrogen) atoms. The monoisotopic (exact) mass is 275 g/mol. The van der Waals surface area contributed by atoms with Crippen molar-refractivity contribution in [3.8, 4) is 0 Å². The Labute approximate surface area is 121 Å². The molecule has 1 aliphatic rings. The van der Waals surface area contributed by atoms with Crippen molar-refractivity contribution in [2.24, 2.45) is 0 Å². The molecule has 1 saturated heterocycles. The van der Waals surface area contributed by atoms with Gasteiger partial charge in [-0.25, -0.2) is 0 Å². The van der Waals surface area contributed by atoms with E-state index >= 15 is 0 Å². The summed E-state index contributed by atoms with van der Waals surface area (Å²) in [5.74, 6) is -0.0510. The zero-order valence-electron chi connectivity index (χ0n) is 12.4. The highest BCUT2D eigenvalue weighted by Gasteiger charge is 2.41. The number of hydrogen-bond acceptors (Lipinski definition) is 3. The Morgan fingerprint density at radius 2 is 2.15 bits per heavy atom. The summed E-state index contributed by atoms with van der Waals surface area (Å²) in [4.78, 5) is 12.3. The van der Waals surface area contributed by atoms with Crippen molar-refractivity contribution < 1.29 is 9.53 Å². The summed E-state index contributed by atoms with van der Waals surface area (Å²) in [6.07, 6.45) is 5.72. The van der Waals surface area contributed by atoms with Crippen LogP contribution in [0.25, 0.3) is 0 Å². The Hall–Kier alpha value is -1.35. The molecular formula is C17H25NO2. The Morgan fingerprint density at radius 3 is 2.80 bits per heavy atom. The summed E-state index contributed by atoms with van der Waals surface area (Å²) in [6, 6.07) is 10.3. The van der Waals surface area contributed by atoms with Crippen LogP contribution in [0.5, 0.6) is 0 Å². The van der Waals surface area contributed by atoms with E-state index in [1.807, 2.05) is 18.2 Å². The molecule has 2 rings (SSSR count). The zero-order valence-corrected chi connectivity index (χ0v) is 12.4. The number of ether oxygens (including phenoxy) is 1. The molecule has 1 unspecified atom stereocenters. The lowest BCUT2D eigenvalue weighted by molar-refractivity contribution is -0.151. The topological polar surface area (TPSA) is 38.3 Å². The first-order valence-corrected chi connectivity index (χ1v) is 7.73. The van der Waals surface area contributed by atoms with Gasteiger partial charge < -0.3 is 10.1 Å². The minimum absolute atomic E-state index is 0.0510. The van der Waals surface area contributed by atoms with Crippen molar-refractivity contribution in [1.29, 1.82) is 0 Å². The first-order valence-electron chi connectivity index (χ1n) is 7.73. The average Bonchev–Trinajstić information content (AvgIpc) is 2.95. The first kappa shape index (κ1) is 15.0. The van der Waals surface area contributed by atoms with E-state index in [0.29, 0.717) is 6.61 Å². The van der Waals surface area contributed by atoms with Crippen LogP contribution in [0.15, 0.2) is 30.3 Å². The molecule has 1 N–H and O–H groups in total. The summed E-state index contributed by atoms with van der Waals surface area (Å²) in [5, 5.41) is 3.35. The molecule has 1 atom stereocenters. The van der Waals surface area contributed by atoms with Crippen LogP contribution in [0.1, 0.15) is 44.6 Å². The molecule has 0 aliphatic carbocycles. The number of hydrogen-bond donors (Lipinski definition) is 1. The van der Waals surface area contributed by atoms with E-state index in [9.17, 15) is 4.79 Å². The molecule has 0 radical (unpaired) electrons. The maximum atomic E-state index is 12.3. The number of aryl methyl sites for hydroxylation is 1. The van der Waals surface area contributed by atoms with Gasteiger partial charge in [-0.1, -0.05) is 43.7 Å². The van der Waals surface area contributed by atoms with Gasteiger partial charge in [-0.2, -0.15) is 0 Å². The molecule has 0 bridgehead atoms. The van der Waals surface area contributed by atoms with Crippen molar-refractivity contribution in [2.45, 2.75) is 51.0 Å². The maximum Gasteiger partial charge on any atom is 0.326 e. The summed E-state index contributed by atoms with van der Waals surface area (Å²) in [6.45, 7) is 3.56. The number of nitrogens with one attached hydrogen (secondary N) is 1. The number of rotatable bonds is 7. The van der Waals surface area contributed by atoms with Crippen molar-refractivity contribution in [3.05, 3.63) is 35.9 Å². The van der Waals surface area contributed by atoms with Crippen molar-refractivity contribution in [1.82, 2.24) is 5.32 Å². The minimum Gasteiger partial charge on any atom is -0.464 e. The van der Waals surface area contributed by atoms with Gasteiger partial charge in [-0.15, -0.1) is 0 Å². The van der Waals surface area contributed by atoms with Crippen LogP contribution in [0.3, 0.4) is 0 Å². The van der Waals surface area contributed by atoms with Crippen LogP contribution < -0.4 is 5.32 Å². The van der Waals surface area contributed by atoms with Gasteiger partial charge in [-0.3, -0.25) is 4.79 Å². The molecule has 1 heterocycles. The smallest absolute Gasteiger partial charge is 0.326 e. The molecule has 3 nitrogen and oxygen atoms in total. The van der Waals surface area contributed by atoms with E-state index in [4.69, 9.17) is 4.74 Å². The van der Waals surface area contributed by atoms with E-state index in [0.717, 1.165) is 45.1 Å². The Bertz CT molecular complexity index is 410. The highest BCUT2D eigenvalue weighted by atomic mass is 16.5. The highest BCUT2D eigenvalue weighted by molar-refractivity contribution is 5.81. The molecule has 1 aromatic carbocycles. The fourth-order valence-corrected chi connectivity index (χ4v) is 2.95. The van der Waals surface area contributed by atoms with Gasteiger partial charge in [0, 0.05) is 0 Å². The second-order valence-corrected chi connectivity index (χ2v) is 5.59. The third-order valence-corrected chi connectivity index (χ3v) is 4.00. The molecule has 0 amide bonds. The lowest BCUT2D eigenvalue weighted by Crippen LogP contribution is -2.48. The predicted octanol–water partition coefficient (Wildman–Crippen LogP) is 3.08. The fourth-order valence-electron chi connectivity index (χ4n) is 2.95. The van der Waals surface area contributed by atoms with E-state index in [2.05, 4.69) is 24.4 Å². The zero-order chi connectivity index (χ0) is 14.3. The third kappa shape index (κ3) is 3.83. The van der Waals surface area contributed by atoms with E-state index < -0.39 is 5.54 Å². The van der Waals surface area contributed by atoms with Crippen LogP contribution in [0, 0.1) is 0 Å². The van der Waals surface area contributed by atoms with Gasteiger partial charge in [0.25, 0.3) is 0 Å². The van der Waals surface area contributed by atoms with Gasteiger partial charge in [0.1, 0.15) is 5.54 Å². The van der Waals surface area contributed by atoms with Gasteiger partial charge in [0.05, 0.1) is 6.61 Å². The third-order valence-electron chi connectivity index (χ3n) is 4.00. The van der Waals surface area contributed by atoms with Crippen molar-refractivity contribution >= 4 is 5.97 Å². The summed E-state index contributed by atoms with van der Waals surface area (Å²) >= 11 is 0. The lowest BCUT2D eigenvalue weighted by Gasteiger charge is -2.26. The predicted molar refractivity (Wildman–Crippen MR) is 80.6 cm³/mol. The quantitative estimate of drug-likeness (QED) is 0.614. The van der Waals surface area contributed by atoms with Crippen LogP contribution in [0.2, 0.25) is 0 Å². The average molecular weight is 275 g/mol. The minimum atomic E-state index is -0.401. The van der Waals surface area contributed by atoms with Crippen molar-refractivity contribution in [2.75, 3.05) is 13.2 Å². The van der Waals surface area contributed by atoms with Crippen LogP contribution >= 0.6 is 0 Å². The number of carbonyl (C=O) groups excluding carboxylic acids is 1. The van der Waals surface area contributed by atoms with Crippen LogP contribution in [-0.2, 0) is 16.0 Å². The highest BCUT2D eigenvalue weighted by Crippen LogP contribution is 2.26. The SMILES string of the molecule is CCCC1(C(=O)OCCCc2ccccc2)CCCN1. The molecule has 1 aliphatic heterocycles. The molecule has 0 aromatic heterocycles. The molecule has 0 saturated carbocycles. The molecule has 110 valence electrons. The number of benzene rings is 1. The molecule has 0 spiro atoms. The summed E-state index contributed by atoms with van der Waals surface area (Å²) < 4.78 is 5.50. The second-order valence-electron chi connectivity index (χ2n) is 5.59. The lowest BCUT2D eigenvalue weighted by atomic mass is 9.92. The van der Waals surface area contributed by atoms with E-state index in [1.165, 1.54) is 5.56 Å². The normalized spacial score (nSPS) is 21.9. The Kier molecular flexibility index (Phi) is 5.60. The van der Waals surface area contributed by atoms with Gasteiger partial charge in [0.2, 0.25) is 0 Å². The van der Waals surface area contributed by atoms with Crippen molar-refractivity contribution in [3.63, 3.8) is 0 Å². The molecule has 1 aromatic rings. The Balaban J connectivity index is 1.74. The fraction of sp³-hybridized carbons (Fsp3) is 0.588. The molecular weight excluding hydrogens is 250 g/mol. The van der Waals surface area contributed by atoms with E-state index in [-0.39, 0.29) is 5.97 Å². The Morgan fingerprint density at radius 1 is 1.35 bits per heavy atom. The summed E-state index contributed by atoms with van der Waals surface area (Å²) in [7, 11) is 0. The van der Waals surface area contributed by atoms with E-state index in [1.54, 1.807) is 0 Å². The maximum absolute atomic E-state index is 12.3. The van der Waals surface area contributed by atoms with Gasteiger partial charge >= 0.3 is 5.97 Å². The first-order chi connectivity index (χ1) is 9.77. The number of carbonyl (C=O) groups is 1. The molecule has 3 heteroatoms. The molecule has 1 fully saturated rings. The number of esters is 1. The van der Waals surface area contributed by atoms with Crippen LogP contribution in [0.4, 0.5) is 0 Å². The van der Waals surface area contributed by atoms with Gasteiger partial charge in [0.15, 0.2) is 0 Å². The summed E-state index contributed by atoms with van der Waals surface area (Å²) in [5.41, 5.74) is 0.896. The standard InChI is InChI=1S/C17H25NO2/c1-2-11-17(12-7-13-18-17)16(19)20-14-6-10-15-8-4-3-5-9-15/h3-5,8-9,18H,2,6-7,10-14H2,1H3. The largest absolute Gasteiger partial charge is 0.464 e.